The number of thiophene rings is 1. The number of thioether (sulfide) groups is 1. The molecule has 2 N–H and O–H groups in total. The van der Waals surface area contributed by atoms with Gasteiger partial charge >= 0.3 is 0 Å². The molecule has 0 saturated heterocycles. The fourth-order valence-corrected chi connectivity index (χ4v) is 4.90. The molecule has 32 heavy (non-hydrogen) atoms. The summed E-state index contributed by atoms with van der Waals surface area (Å²) in [5.41, 5.74) is 2.04. The van der Waals surface area contributed by atoms with Crippen LogP contribution in [0.3, 0.4) is 0 Å². The monoisotopic (exact) mass is 464 g/mol. The van der Waals surface area contributed by atoms with Gasteiger partial charge in [-0.2, -0.15) is 0 Å². The molecule has 0 bridgehead atoms. The van der Waals surface area contributed by atoms with Gasteiger partial charge in [0.25, 0.3) is 0 Å². The average molecular weight is 465 g/mol. The second-order valence-electron chi connectivity index (χ2n) is 7.22. The van der Waals surface area contributed by atoms with Crippen molar-refractivity contribution in [3.8, 4) is 5.75 Å². The summed E-state index contributed by atoms with van der Waals surface area (Å²) in [5, 5.41) is 14.3. The zero-order valence-electron chi connectivity index (χ0n) is 17.4. The third-order valence-electron chi connectivity index (χ3n) is 5.04. The van der Waals surface area contributed by atoms with E-state index >= 15 is 0 Å². The van der Waals surface area contributed by atoms with Crippen LogP contribution < -0.4 is 10.1 Å². The standard InChI is InChI=1S/C23H20N4O3S2/c1-13(32-23-25-21(26-27-23)10-14-6-5-9-31-14)22(28)24-17-12-19-16(11-20(17)29-2)15-7-3-4-8-18(15)30-19/h3-9,11-13H,10H2,1-2H3,(H,24,28)(H,25,26,27). The number of nitrogens with one attached hydrogen (secondary N) is 2. The first-order chi connectivity index (χ1) is 15.6. The van der Waals surface area contributed by atoms with Crippen LogP contribution in [0, 0.1) is 0 Å². The number of H-pyrrole nitrogens is 1. The summed E-state index contributed by atoms with van der Waals surface area (Å²) in [5.74, 6) is 1.18. The van der Waals surface area contributed by atoms with E-state index < -0.39 is 5.25 Å². The molecule has 1 amide bonds. The van der Waals surface area contributed by atoms with Gasteiger partial charge in [-0.25, -0.2) is 4.98 Å². The molecule has 5 aromatic rings. The van der Waals surface area contributed by atoms with Gasteiger partial charge < -0.3 is 14.5 Å². The average Bonchev–Trinajstić information content (AvgIpc) is 3.53. The van der Waals surface area contributed by atoms with Gasteiger partial charge in [0.2, 0.25) is 11.1 Å². The SMILES string of the molecule is COc1cc2c(cc1NC(=O)C(C)Sc1n[nH]c(Cc3cccs3)n1)oc1ccccc12. The molecule has 162 valence electrons. The first-order valence-electron chi connectivity index (χ1n) is 10.0. The van der Waals surface area contributed by atoms with Crippen molar-refractivity contribution in [1.82, 2.24) is 15.2 Å². The number of nitrogens with zero attached hydrogens (tertiary/aromatic N) is 2. The number of aromatic amines is 1. The molecule has 1 atom stereocenters. The van der Waals surface area contributed by atoms with Gasteiger partial charge in [-0.3, -0.25) is 9.89 Å². The normalized spacial score (nSPS) is 12.3. The topological polar surface area (TPSA) is 93.0 Å². The van der Waals surface area contributed by atoms with Crippen LogP contribution in [0.4, 0.5) is 5.69 Å². The molecule has 5 rings (SSSR count). The summed E-state index contributed by atoms with van der Waals surface area (Å²) >= 11 is 2.97. The maximum Gasteiger partial charge on any atom is 0.237 e. The quantitative estimate of drug-likeness (QED) is 0.310. The van der Waals surface area contributed by atoms with Crippen LogP contribution in [-0.4, -0.2) is 33.4 Å². The Kier molecular flexibility index (Phi) is 5.59. The highest BCUT2D eigenvalue weighted by atomic mass is 32.2. The number of anilines is 1. The number of hydrogen-bond donors (Lipinski definition) is 2. The Labute approximate surface area is 192 Å². The summed E-state index contributed by atoms with van der Waals surface area (Å²) in [6.45, 7) is 1.82. The molecule has 3 aromatic heterocycles. The second-order valence-corrected chi connectivity index (χ2v) is 9.56. The third-order valence-corrected chi connectivity index (χ3v) is 6.88. The van der Waals surface area contributed by atoms with Crippen LogP contribution in [0.2, 0.25) is 0 Å². The summed E-state index contributed by atoms with van der Waals surface area (Å²) in [4.78, 5) is 18.6. The van der Waals surface area contributed by atoms with Crippen molar-refractivity contribution in [2.24, 2.45) is 0 Å². The molecular formula is C23H20N4O3S2. The highest BCUT2D eigenvalue weighted by Crippen LogP contribution is 2.36. The predicted octanol–water partition coefficient (Wildman–Crippen LogP) is 5.48. The number of rotatable bonds is 7. The van der Waals surface area contributed by atoms with E-state index in [-0.39, 0.29) is 5.91 Å². The first kappa shape index (κ1) is 20.6. The number of amides is 1. The summed E-state index contributed by atoms with van der Waals surface area (Å²) < 4.78 is 11.5. The number of furan rings is 1. The number of carbonyl (C=O) groups excluding carboxylic acids is 1. The Morgan fingerprint density at radius 2 is 2.09 bits per heavy atom. The largest absolute Gasteiger partial charge is 0.495 e. The van der Waals surface area contributed by atoms with Gasteiger partial charge in [-0.15, -0.1) is 16.4 Å². The first-order valence-corrected chi connectivity index (χ1v) is 11.8. The number of methoxy groups -OCH3 is 1. The predicted molar refractivity (Wildman–Crippen MR) is 128 cm³/mol. The van der Waals surface area contributed by atoms with Crippen molar-refractivity contribution in [1.29, 1.82) is 0 Å². The Morgan fingerprint density at radius 1 is 1.22 bits per heavy atom. The van der Waals surface area contributed by atoms with Gasteiger partial charge in [-0.1, -0.05) is 36.0 Å². The fraction of sp³-hybridized carbons (Fsp3) is 0.174. The van der Waals surface area contributed by atoms with Crippen LogP contribution >= 0.6 is 23.1 Å². The number of ether oxygens (including phenoxy) is 1. The zero-order valence-corrected chi connectivity index (χ0v) is 19.0. The molecule has 9 heteroatoms. The number of carbonyl (C=O) groups is 1. The maximum atomic E-state index is 12.9. The van der Waals surface area contributed by atoms with E-state index in [2.05, 4.69) is 26.6 Å². The highest BCUT2D eigenvalue weighted by Gasteiger charge is 2.20. The van der Waals surface area contributed by atoms with E-state index in [4.69, 9.17) is 9.15 Å². The van der Waals surface area contributed by atoms with Crippen molar-refractivity contribution in [2.75, 3.05) is 12.4 Å². The molecule has 0 spiro atoms. The molecule has 0 aliphatic rings. The van der Waals surface area contributed by atoms with Gasteiger partial charge in [0.05, 0.1) is 18.0 Å². The minimum Gasteiger partial charge on any atom is -0.495 e. The Balaban J connectivity index is 1.31. The zero-order chi connectivity index (χ0) is 22.1. The van der Waals surface area contributed by atoms with Crippen LogP contribution in [0.5, 0.6) is 5.75 Å². The van der Waals surface area contributed by atoms with Crippen molar-refractivity contribution in [3.05, 3.63) is 64.6 Å². The third kappa shape index (κ3) is 4.09. The molecule has 0 aliphatic carbocycles. The second kappa shape index (κ2) is 8.68. The van der Waals surface area contributed by atoms with Crippen molar-refractivity contribution < 1.29 is 13.9 Å². The Hall–Kier alpha value is -3.30. The maximum absolute atomic E-state index is 12.9. The van der Waals surface area contributed by atoms with Crippen molar-refractivity contribution in [2.45, 2.75) is 23.8 Å². The fourth-order valence-electron chi connectivity index (χ4n) is 3.45. The van der Waals surface area contributed by atoms with Crippen molar-refractivity contribution >= 4 is 56.6 Å². The highest BCUT2D eigenvalue weighted by molar-refractivity contribution is 8.00. The molecular weight excluding hydrogens is 444 g/mol. The molecule has 3 heterocycles. The Morgan fingerprint density at radius 3 is 2.91 bits per heavy atom. The lowest BCUT2D eigenvalue weighted by atomic mass is 10.1. The summed E-state index contributed by atoms with van der Waals surface area (Å²) in [7, 11) is 1.58. The molecule has 0 saturated carbocycles. The van der Waals surface area contributed by atoms with Gasteiger partial charge in [-0.05, 0) is 30.5 Å². The van der Waals surface area contributed by atoms with E-state index in [1.807, 2.05) is 48.7 Å². The number of benzene rings is 2. The minimum atomic E-state index is -0.406. The Bertz CT molecular complexity index is 1390. The van der Waals surface area contributed by atoms with E-state index in [0.29, 0.717) is 28.6 Å². The molecule has 0 aliphatic heterocycles. The summed E-state index contributed by atoms with van der Waals surface area (Å²) in [6, 6.07) is 15.6. The van der Waals surface area contributed by atoms with E-state index in [9.17, 15) is 4.79 Å². The smallest absolute Gasteiger partial charge is 0.237 e. The van der Waals surface area contributed by atoms with Gasteiger partial charge in [0, 0.05) is 28.1 Å². The molecule has 2 aromatic carbocycles. The van der Waals surface area contributed by atoms with E-state index in [1.54, 1.807) is 24.5 Å². The van der Waals surface area contributed by atoms with Gasteiger partial charge in [0.15, 0.2) is 0 Å². The molecule has 7 nitrogen and oxygen atoms in total. The lowest BCUT2D eigenvalue weighted by Gasteiger charge is -2.13. The molecule has 0 fully saturated rings. The lowest BCUT2D eigenvalue weighted by molar-refractivity contribution is -0.115. The number of para-hydroxylation sites is 1. The molecule has 0 radical (unpaired) electrons. The van der Waals surface area contributed by atoms with E-state index in [1.165, 1.54) is 16.6 Å². The van der Waals surface area contributed by atoms with Gasteiger partial charge in [0.1, 0.15) is 22.7 Å². The number of hydrogen-bond acceptors (Lipinski definition) is 7. The van der Waals surface area contributed by atoms with Crippen LogP contribution in [0.15, 0.2) is 63.5 Å². The van der Waals surface area contributed by atoms with E-state index in [0.717, 1.165) is 22.2 Å². The number of aromatic nitrogens is 3. The summed E-state index contributed by atoms with van der Waals surface area (Å²) in [6.07, 6.45) is 0.695. The van der Waals surface area contributed by atoms with Crippen LogP contribution in [0.25, 0.3) is 21.9 Å². The van der Waals surface area contributed by atoms with Crippen LogP contribution in [0.1, 0.15) is 17.6 Å². The lowest BCUT2D eigenvalue weighted by Crippen LogP contribution is -2.22. The molecule has 1 unspecified atom stereocenters. The van der Waals surface area contributed by atoms with Crippen LogP contribution in [-0.2, 0) is 11.2 Å². The number of fused-ring (bicyclic) bond motifs is 3. The minimum absolute atomic E-state index is 0.173. The van der Waals surface area contributed by atoms with Crippen molar-refractivity contribution in [3.63, 3.8) is 0 Å².